The van der Waals surface area contributed by atoms with Crippen LogP contribution in [0.15, 0.2) is 18.2 Å². The molecular weight excluding hydrogens is 364 g/mol. The molecule has 2 aromatic rings. The van der Waals surface area contributed by atoms with E-state index in [0.29, 0.717) is 34.1 Å². The predicted molar refractivity (Wildman–Crippen MR) is 103 cm³/mol. The maximum atomic E-state index is 12.7. The summed E-state index contributed by atoms with van der Waals surface area (Å²) in [6, 6.07) is 4.33. The minimum absolute atomic E-state index is 0.0492. The highest BCUT2D eigenvalue weighted by atomic mass is 16.6. The number of aromatic nitrogens is 1. The van der Waals surface area contributed by atoms with Gasteiger partial charge in [0.05, 0.1) is 34.9 Å². The number of hydrogen-bond acceptors (Lipinski definition) is 7. The summed E-state index contributed by atoms with van der Waals surface area (Å²) in [5, 5.41) is 11.7. The highest BCUT2D eigenvalue weighted by Gasteiger charge is 2.23. The van der Waals surface area contributed by atoms with E-state index in [9.17, 15) is 19.7 Å². The normalized spacial score (nSPS) is 10.7. The third-order valence-electron chi connectivity index (χ3n) is 4.21. The van der Waals surface area contributed by atoms with Gasteiger partial charge < -0.3 is 9.47 Å². The molecule has 1 aromatic carbocycles. The molecule has 0 saturated carbocycles. The lowest BCUT2D eigenvalue weighted by molar-refractivity contribution is -0.384. The standard InChI is InChI=1S/C20H24N2O6/c1-4-7-17-19(20(24)28-6-3)14(9-11-18(23)27-5-2)15-12-13(22(25)26)8-10-16(15)21-17/h8,10,12H,4-7,9,11H2,1-3H3. The van der Waals surface area contributed by atoms with Gasteiger partial charge in [-0.1, -0.05) is 13.3 Å². The van der Waals surface area contributed by atoms with Crippen molar-refractivity contribution in [2.45, 2.75) is 46.5 Å². The van der Waals surface area contributed by atoms with E-state index in [-0.39, 0.29) is 31.7 Å². The average molecular weight is 388 g/mol. The van der Waals surface area contributed by atoms with Gasteiger partial charge in [0, 0.05) is 23.9 Å². The number of ether oxygens (including phenoxy) is 2. The van der Waals surface area contributed by atoms with Crippen LogP contribution in [0.4, 0.5) is 5.69 Å². The number of nitro benzene ring substituents is 1. The minimum Gasteiger partial charge on any atom is -0.466 e. The topological polar surface area (TPSA) is 109 Å². The molecule has 0 spiro atoms. The monoisotopic (exact) mass is 388 g/mol. The lowest BCUT2D eigenvalue weighted by atomic mass is 9.94. The van der Waals surface area contributed by atoms with E-state index >= 15 is 0 Å². The predicted octanol–water partition coefficient (Wildman–Crippen LogP) is 3.77. The number of aryl methyl sites for hydroxylation is 2. The van der Waals surface area contributed by atoms with Crippen LogP contribution < -0.4 is 0 Å². The Bertz CT molecular complexity index is 894. The van der Waals surface area contributed by atoms with Gasteiger partial charge in [-0.3, -0.25) is 19.9 Å². The van der Waals surface area contributed by atoms with Crippen LogP contribution in [0, 0.1) is 10.1 Å². The van der Waals surface area contributed by atoms with Crippen LogP contribution in [0.1, 0.15) is 55.2 Å². The molecule has 1 heterocycles. The Kier molecular flexibility index (Phi) is 7.43. The van der Waals surface area contributed by atoms with Gasteiger partial charge in [-0.15, -0.1) is 0 Å². The van der Waals surface area contributed by atoms with E-state index in [1.807, 2.05) is 6.92 Å². The molecular formula is C20H24N2O6. The van der Waals surface area contributed by atoms with Crippen LogP contribution in [0.25, 0.3) is 10.9 Å². The molecule has 0 saturated heterocycles. The fourth-order valence-corrected chi connectivity index (χ4v) is 3.07. The number of nitro groups is 1. The summed E-state index contributed by atoms with van der Waals surface area (Å²) in [7, 11) is 0. The second kappa shape index (κ2) is 9.77. The molecule has 2 rings (SSSR count). The average Bonchev–Trinajstić information content (AvgIpc) is 2.66. The molecule has 0 fully saturated rings. The van der Waals surface area contributed by atoms with Gasteiger partial charge in [0.2, 0.25) is 0 Å². The van der Waals surface area contributed by atoms with Crippen LogP contribution in [-0.2, 0) is 27.1 Å². The van der Waals surface area contributed by atoms with Crippen molar-refractivity contribution in [3.05, 3.63) is 45.1 Å². The maximum absolute atomic E-state index is 12.7. The molecule has 8 nitrogen and oxygen atoms in total. The number of rotatable bonds is 9. The van der Waals surface area contributed by atoms with Crippen LogP contribution in [0.2, 0.25) is 0 Å². The second-order valence-electron chi connectivity index (χ2n) is 6.15. The quantitative estimate of drug-likeness (QED) is 0.365. The lowest BCUT2D eigenvalue weighted by Crippen LogP contribution is -2.15. The third kappa shape index (κ3) is 4.82. The van der Waals surface area contributed by atoms with Gasteiger partial charge >= 0.3 is 11.9 Å². The second-order valence-corrected chi connectivity index (χ2v) is 6.15. The first-order chi connectivity index (χ1) is 13.4. The van der Waals surface area contributed by atoms with Crippen LogP contribution in [0.3, 0.4) is 0 Å². The smallest absolute Gasteiger partial charge is 0.340 e. The molecule has 0 radical (unpaired) electrons. The van der Waals surface area contributed by atoms with Crippen molar-refractivity contribution in [3.8, 4) is 0 Å². The molecule has 28 heavy (non-hydrogen) atoms. The summed E-state index contributed by atoms with van der Waals surface area (Å²) in [6.45, 7) is 5.83. The summed E-state index contributed by atoms with van der Waals surface area (Å²) in [6.07, 6.45) is 1.56. The van der Waals surface area contributed by atoms with Gasteiger partial charge in [0.15, 0.2) is 0 Å². The van der Waals surface area contributed by atoms with Crippen molar-refractivity contribution in [1.29, 1.82) is 0 Å². The number of carbonyl (C=O) groups excluding carboxylic acids is 2. The van der Waals surface area contributed by atoms with E-state index in [4.69, 9.17) is 9.47 Å². The number of esters is 2. The highest BCUT2D eigenvalue weighted by molar-refractivity contribution is 5.99. The maximum Gasteiger partial charge on any atom is 0.340 e. The van der Waals surface area contributed by atoms with Crippen LogP contribution in [0.5, 0.6) is 0 Å². The van der Waals surface area contributed by atoms with Gasteiger partial charge in [0.25, 0.3) is 5.69 Å². The zero-order valence-corrected chi connectivity index (χ0v) is 16.3. The zero-order chi connectivity index (χ0) is 20.7. The van der Waals surface area contributed by atoms with Crippen molar-refractivity contribution >= 4 is 28.5 Å². The SMILES string of the molecule is CCCc1nc2ccc([N+](=O)[O-])cc2c(CCC(=O)OCC)c1C(=O)OCC. The van der Waals surface area contributed by atoms with Crippen molar-refractivity contribution in [2.24, 2.45) is 0 Å². The number of carbonyl (C=O) groups is 2. The molecule has 1 aromatic heterocycles. The first kappa shape index (κ1) is 21.3. The Morgan fingerprint density at radius 1 is 1.11 bits per heavy atom. The summed E-state index contributed by atoms with van der Waals surface area (Å²) < 4.78 is 10.2. The molecule has 0 aliphatic rings. The number of hydrogen-bond donors (Lipinski definition) is 0. The number of pyridine rings is 1. The first-order valence-electron chi connectivity index (χ1n) is 9.35. The van der Waals surface area contributed by atoms with Gasteiger partial charge in [-0.25, -0.2) is 4.79 Å². The van der Waals surface area contributed by atoms with Crippen molar-refractivity contribution < 1.29 is 24.0 Å². The number of benzene rings is 1. The third-order valence-corrected chi connectivity index (χ3v) is 4.21. The Morgan fingerprint density at radius 2 is 1.82 bits per heavy atom. The summed E-state index contributed by atoms with van der Waals surface area (Å²) in [5.74, 6) is -0.935. The Balaban J connectivity index is 2.70. The fraction of sp³-hybridized carbons (Fsp3) is 0.450. The highest BCUT2D eigenvalue weighted by Crippen LogP contribution is 2.29. The summed E-state index contributed by atoms with van der Waals surface area (Å²) in [5.41, 5.74) is 1.83. The molecule has 0 N–H and O–H groups in total. The molecule has 0 amide bonds. The van der Waals surface area contributed by atoms with Gasteiger partial charge in [0.1, 0.15) is 0 Å². The minimum atomic E-state index is -0.536. The Labute approximate surface area is 163 Å². The lowest BCUT2D eigenvalue weighted by Gasteiger charge is -2.16. The Hall–Kier alpha value is -3.03. The molecule has 8 heteroatoms. The molecule has 0 bridgehead atoms. The summed E-state index contributed by atoms with van der Waals surface area (Å²) in [4.78, 5) is 39.8. The number of nitrogens with zero attached hydrogens (tertiary/aromatic N) is 2. The van der Waals surface area contributed by atoms with Gasteiger partial charge in [-0.2, -0.15) is 0 Å². The van der Waals surface area contributed by atoms with Crippen molar-refractivity contribution in [1.82, 2.24) is 4.98 Å². The number of non-ortho nitro benzene ring substituents is 1. The van der Waals surface area contributed by atoms with Gasteiger partial charge in [-0.05, 0) is 38.3 Å². The van der Waals surface area contributed by atoms with E-state index < -0.39 is 16.9 Å². The van der Waals surface area contributed by atoms with Crippen molar-refractivity contribution in [2.75, 3.05) is 13.2 Å². The van der Waals surface area contributed by atoms with E-state index in [1.165, 1.54) is 12.1 Å². The fourth-order valence-electron chi connectivity index (χ4n) is 3.07. The van der Waals surface area contributed by atoms with E-state index in [2.05, 4.69) is 4.98 Å². The van der Waals surface area contributed by atoms with E-state index in [1.54, 1.807) is 19.9 Å². The molecule has 0 unspecified atom stereocenters. The van der Waals surface area contributed by atoms with Crippen LogP contribution >= 0.6 is 0 Å². The molecule has 0 aliphatic heterocycles. The summed E-state index contributed by atoms with van der Waals surface area (Å²) >= 11 is 0. The van der Waals surface area contributed by atoms with E-state index in [0.717, 1.165) is 6.42 Å². The first-order valence-corrected chi connectivity index (χ1v) is 9.35. The van der Waals surface area contributed by atoms with Crippen LogP contribution in [-0.4, -0.2) is 35.1 Å². The largest absolute Gasteiger partial charge is 0.466 e. The molecule has 0 atom stereocenters. The van der Waals surface area contributed by atoms with Crippen molar-refractivity contribution in [3.63, 3.8) is 0 Å². The molecule has 0 aliphatic carbocycles. The Morgan fingerprint density at radius 3 is 2.43 bits per heavy atom. The molecule has 150 valence electrons. The number of fused-ring (bicyclic) bond motifs is 1. The zero-order valence-electron chi connectivity index (χ0n) is 16.3.